The number of thioether (sulfide) groups is 1. The summed E-state index contributed by atoms with van der Waals surface area (Å²) < 4.78 is 0. The lowest BCUT2D eigenvalue weighted by Gasteiger charge is -2.15. The molecule has 112 valence electrons. The molecule has 1 fully saturated rings. The molecular weight excluding hydrogens is 302 g/mol. The Balaban J connectivity index is 1.54. The Morgan fingerprint density at radius 1 is 1.29 bits per heavy atom. The molecule has 2 aromatic rings. The number of nitrogens with one attached hydrogen (secondary N) is 1. The number of nitrogens with zero attached hydrogens (tertiary/aromatic N) is 2. The second-order valence-electron chi connectivity index (χ2n) is 5.36. The third kappa shape index (κ3) is 3.95. The quantitative estimate of drug-likeness (QED) is 0.531. The molecule has 1 saturated carbocycles. The molecule has 0 radical (unpaired) electrons. The van der Waals surface area contributed by atoms with Crippen LogP contribution in [0.15, 0.2) is 22.8 Å². The fourth-order valence-electron chi connectivity index (χ4n) is 2.71. The van der Waals surface area contributed by atoms with Gasteiger partial charge in [0.1, 0.15) is 16.2 Å². The van der Waals surface area contributed by atoms with Crippen molar-refractivity contribution in [3.05, 3.63) is 17.8 Å². The fourth-order valence-corrected chi connectivity index (χ4v) is 4.30. The Hall–Kier alpha value is -1.14. The summed E-state index contributed by atoms with van der Waals surface area (Å²) >= 11 is 3.10. The zero-order valence-corrected chi connectivity index (χ0v) is 13.5. The maximum absolute atomic E-state index is 12.1. The van der Waals surface area contributed by atoms with Crippen LogP contribution in [0.25, 0.3) is 10.2 Å². The van der Waals surface area contributed by atoms with E-state index >= 15 is 0 Å². The highest BCUT2D eigenvalue weighted by Crippen LogP contribution is 2.27. The summed E-state index contributed by atoms with van der Waals surface area (Å²) in [4.78, 5) is 21.6. The Morgan fingerprint density at radius 3 is 2.90 bits per heavy atom. The highest BCUT2D eigenvalue weighted by molar-refractivity contribution is 8.00. The molecular formula is C15H19N3OS2. The van der Waals surface area contributed by atoms with Crippen LogP contribution in [0.1, 0.15) is 38.5 Å². The first-order valence-corrected chi connectivity index (χ1v) is 9.30. The minimum atomic E-state index is 0.119. The zero-order valence-electron chi connectivity index (χ0n) is 11.9. The molecule has 2 aromatic heterocycles. The van der Waals surface area contributed by atoms with E-state index in [1.54, 1.807) is 17.7 Å². The van der Waals surface area contributed by atoms with Gasteiger partial charge in [-0.15, -0.1) is 11.3 Å². The minimum absolute atomic E-state index is 0.119. The van der Waals surface area contributed by atoms with Gasteiger partial charge in [-0.2, -0.15) is 0 Å². The van der Waals surface area contributed by atoms with Gasteiger partial charge in [0.15, 0.2) is 0 Å². The maximum Gasteiger partial charge on any atom is 0.230 e. The number of carbonyl (C=O) groups excluding carboxylic acids is 1. The number of aromatic nitrogens is 2. The molecule has 0 bridgehead atoms. The molecule has 0 aliphatic heterocycles. The number of fused-ring (bicyclic) bond motifs is 1. The summed E-state index contributed by atoms with van der Waals surface area (Å²) in [6.45, 7) is 0. The van der Waals surface area contributed by atoms with Crippen molar-refractivity contribution in [1.82, 2.24) is 15.3 Å². The zero-order chi connectivity index (χ0) is 14.5. The van der Waals surface area contributed by atoms with E-state index in [1.807, 2.05) is 11.4 Å². The largest absolute Gasteiger partial charge is 0.353 e. The normalized spacial score (nSPS) is 16.8. The average Bonchev–Trinajstić information content (AvgIpc) is 2.83. The molecule has 0 unspecified atom stereocenters. The number of hydrogen-bond donors (Lipinski definition) is 1. The van der Waals surface area contributed by atoms with E-state index in [9.17, 15) is 4.79 Å². The molecule has 2 heterocycles. The number of carbonyl (C=O) groups is 1. The standard InChI is InChI=1S/C15H19N3OS2/c19-13(18-11-5-3-1-2-4-6-11)9-21-15-12-7-8-20-14(12)16-10-17-15/h7-8,10-11H,1-6,9H2,(H,18,19). The first kappa shape index (κ1) is 14.8. The molecule has 1 aliphatic carbocycles. The van der Waals surface area contributed by atoms with Gasteiger partial charge < -0.3 is 5.32 Å². The average molecular weight is 321 g/mol. The Morgan fingerprint density at radius 2 is 2.10 bits per heavy atom. The van der Waals surface area contributed by atoms with Crippen LogP contribution < -0.4 is 5.32 Å². The van der Waals surface area contributed by atoms with Crippen molar-refractivity contribution in [2.24, 2.45) is 0 Å². The van der Waals surface area contributed by atoms with E-state index < -0.39 is 0 Å². The van der Waals surface area contributed by atoms with E-state index in [0.29, 0.717) is 11.8 Å². The van der Waals surface area contributed by atoms with Crippen molar-refractivity contribution in [1.29, 1.82) is 0 Å². The van der Waals surface area contributed by atoms with E-state index in [-0.39, 0.29) is 5.91 Å². The van der Waals surface area contributed by atoms with Gasteiger partial charge in [0.2, 0.25) is 5.91 Å². The third-order valence-electron chi connectivity index (χ3n) is 3.79. The van der Waals surface area contributed by atoms with Crippen molar-refractivity contribution in [2.75, 3.05) is 5.75 Å². The number of rotatable bonds is 4. The first-order chi connectivity index (χ1) is 10.3. The van der Waals surface area contributed by atoms with Crippen molar-refractivity contribution >= 4 is 39.2 Å². The van der Waals surface area contributed by atoms with Gasteiger partial charge >= 0.3 is 0 Å². The summed E-state index contributed by atoms with van der Waals surface area (Å²) in [5.74, 6) is 0.548. The first-order valence-electron chi connectivity index (χ1n) is 7.43. The predicted octanol–water partition coefficient (Wildman–Crippen LogP) is 3.62. The summed E-state index contributed by atoms with van der Waals surface area (Å²) in [6.07, 6.45) is 8.90. The van der Waals surface area contributed by atoms with Crippen molar-refractivity contribution in [2.45, 2.75) is 49.6 Å². The molecule has 0 aromatic carbocycles. The van der Waals surface area contributed by atoms with Crippen LogP contribution >= 0.6 is 23.1 Å². The molecule has 6 heteroatoms. The van der Waals surface area contributed by atoms with Crippen LogP contribution in [-0.4, -0.2) is 27.7 Å². The van der Waals surface area contributed by atoms with Gasteiger partial charge in [-0.3, -0.25) is 4.79 Å². The predicted molar refractivity (Wildman–Crippen MR) is 87.8 cm³/mol. The second kappa shape index (κ2) is 7.22. The van der Waals surface area contributed by atoms with Crippen molar-refractivity contribution < 1.29 is 4.79 Å². The van der Waals surface area contributed by atoms with Crippen LogP contribution in [0, 0.1) is 0 Å². The Kier molecular flexibility index (Phi) is 5.08. The number of hydrogen-bond acceptors (Lipinski definition) is 5. The number of amides is 1. The molecule has 0 atom stereocenters. The molecule has 1 N–H and O–H groups in total. The smallest absolute Gasteiger partial charge is 0.230 e. The van der Waals surface area contributed by atoms with Gasteiger partial charge in [0, 0.05) is 11.4 Å². The second-order valence-corrected chi connectivity index (χ2v) is 7.22. The highest BCUT2D eigenvalue weighted by Gasteiger charge is 2.15. The Bertz CT molecular complexity index is 606. The fraction of sp³-hybridized carbons (Fsp3) is 0.533. The van der Waals surface area contributed by atoms with Crippen molar-refractivity contribution in [3.8, 4) is 0 Å². The van der Waals surface area contributed by atoms with Crippen LogP contribution in [0.3, 0.4) is 0 Å². The van der Waals surface area contributed by atoms with Gasteiger partial charge in [0.05, 0.1) is 5.75 Å². The van der Waals surface area contributed by atoms with Gasteiger partial charge in [-0.1, -0.05) is 37.4 Å². The summed E-state index contributed by atoms with van der Waals surface area (Å²) in [7, 11) is 0. The van der Waals surface area contributed by atoms with E-state index in [2.05, 4.69) is 15.3 Å². The van der Waals surface area contributed by atoms with E-state index in [4.69, 9.17) is 0 Å². The molecule has 21 heavy (non-hydrogen) atoms. The van der Waals surface area contributed by atoms with Crippen molar-refractivity contribution in [3.63, 3.8) is 0 Å². The van der Waals surface area contributed by atoms with E-state index in [0.717, 1.165) is 28.1 Å². The minimum Gasteiger partial charge on any atom is -0.353 e. The molecule has 4 nitrogen and oxygen atoms in total. The van der Waals surface area contributed by atoms with Gasteiger partial charge in [-0.25, -0.2) is 9.97 Å². The molecule has 1 amide bonds. The molecule has 3 rings (SSSR count). The molecule has 1 aliphatic rings. The maximum atomic E-state index is 12.1. The summed E-state index contributed by atoms with van der Waals surface area (Å²) in [5, 5.41) is 7.13. The number of thiophene rings is 1. The molecule has 0 spiro atoms. The third-order valence-corrected chi connectivity index (χ3v) is 5.61. The van der Waals surface area contributed by atoms with Crippen LogP contribution in [0.4, 0.5) is 0 Å². The van der Waals surface area contributed by atoms with Gasteiger partial charge in [-0.05, 0) is 24.3 Å². The molecule has 0 saturated heterocycles. The lowest BCUT2D eigenvalue weighted by atomic mass is 10.1. The van der Waals surface area contributed by atoms with Crippen LogP contribution in [0.2, 0.25) is 0 Å². The SMILES string of the molecule is O=C(CSc1ncnc2sccc12)NC1CCCCCC1. The monoisotopic (exact) mass is 321 g/mol. The Labute approximate surface area is 132 Å². The van der Waals surface area contributed by atoms with Gasteiger partial charge in [0.25, 0.3) is 0 Å². The van der Waals surface area contributed by atoms with E-state index in [1.165, 1.54) is 37.4 Å². The summed E-state index contributed by atoms with van der Waals surface area (Å²) in [5.41, 5.74) is 0. The topological polar surface area (TPSA) is 54.9 Å². The van der Waals surface area contributed by atoms with Crippen LogP contribution in [0.5, 0.6) is 0 Å². The lowest BCUT2D eigenvalue weighted by molar-refractivity contribution is -0.119. The summed E-state index contributed by atoms with van der Waals surface area (Å²) in [6, 6.07) is 2.39. The van der Waals surface area contributed by atoms with Crippen LogP contribution in [-0.2, 0) is 4.79 Å². The highest BCUT2D eigenvalue weighted by atomic mass is 32.2. The lowest BCUT2D eigenvalue weighted by Crippen LogP contribution is -2.35.